The van der Waals surface area contributed by atoms with E-state index >= 15 is 0 Å². The first-order valence-corrected chi connectivity index (χ1v) is 8.28. The van der Waals surface area contributed by atoms with E-state index in [1.165, 1.54) is 32.1 Å². The van der Waals surface area contributed by atoms with Crippen molar-refractivity contribution in [2.45, 2.75) is 32.1 Å². The van der Waals surface area contributed by atoms with Crippen LogP contribution in [0.3, 0.4) is 0 Å². The highest BCUT2D eigenvalue weighted by molar-refractivity contribution is 6.40. The van der Waals surface area contributed by atoms with Crippen molar-refractivity contribution in [2.75, 3.05) is 19.7 Å². The van der Waals surface area contributed by atoms with Crippen LogP contribution in [0.15, 0.2) is 12.1 Å². The van der Waals surface area contributed by atoms with Crippen LogP contribution in [0.2, 0.25) is 15.1 Å². The zero-order valence-corrected chi connectivity index (χ0v) is 13.7. The molecule has 0 aliphatic heterocycles. The molecule has 1 aromatic carbocycles. The topological polar surface area (TPSA) is 21.3 Å². The van der Waals surface area contributed by atoms with Crippen LogP contribution in [0.1, 0.15) is 32.1 Å². The summed E-state index contributed by atoms with van der Waals surface area (Å²) in [6.07, 6.45) is 6.84. The lowest BCUT2D eigenvalue weighted by Crippen LogP contribution is -2.28. The SMILES string of the molecule is Clc1cc(Cl)c(OCCNCC2CCCCC2)c(Cl)c1. The molecular weight excluding hydrogens is 317 g/mol. The molecule has 0 saturated heterocycles. The zero-order chi connectivity index (χ0) is 14.4. The average molecular weight is 337 g/mol. The van der Waals surface area contributed by atoms with Crippen LogP contribution in [0, 0.1) is 5.92 Å². The maximum atomic E-state index is 6.06. The fourth-order valence-corrected chi connectivity index (χ4v) is 3.52. The fraction of sp³-hybridized carbons (Fsp3) is 0.600. The summed E-state index contributed by atoms with van der Waals surface area (Å²) in [7, 11) is 0. The number of ether oxygens (including phenoxy) is 1. The van der Waals surface area contributed by atoms with Gasteiger partial charge in [0.1, 0.15) is 6.61 Å². The monoisotopic (exact) mass is 335 g/mol. The molecule has 1 aliphatic carbocycles. The smallest absolute Gasteiger partial charge is 0.156 e. The molecule has 1 saturated carbocycles. The largest absolute Gasteiger partial charge is 0.489 e. The minimum Gasteiger partial charge on any atom is -0.489 e. The van der Waals surface area contributed by atoms with Crippen molar-refractivity contribution >= 4 is 34.8 Å². The van der Waals surface area contributed by atoms with E-state index in [0.29, 0.717) is 27.4 Å². The summed E-state index contributed by atoms with van der Waals surface area (Å²) in [4.78, 5) is 0. The Morgan fingerprint density at radius 1 is 1.05 bits per heavy atom. The molecule has 1 N–H and O–H groups in total. The molecule has 0 amide bonds. The van der Waals surface area contributed by atoms with Gasteiger partial charge in [-0.2, -0.15) is 0 Å². The van der Waals surface area contributed by atoms with E-state index in [4.69, 9.17) is 39.5 Å². The zero-order valence-electron chi connectivity index (χ0n) is 11.4. The first kappa shape index (κ1) is 16.2. The first-order chi connectivity index (χ1) is 9.66. The summed E-state index contributed by atoms with van der Waals surface area (Å²) in [6.45, 7) is 2.42. The molecule has 5 heteroatoms. The van der Waals surface area contributed by atoms with Crippen molar-refractivity contribution in [2.24, 2.45) is 5.92 Å². The quantitative estimate of drug-likeness (QED) is 0.721. The molecule has 2 nitrogen and oxygen atoms in total. The van der Waals surface area contributed by atoms with Crippen LogP contribution in [0.5, 0.6) is 5.75 Å². The van der Waals surface area contributed by atoms with Gasteiger partial charge in [-0.3, -0.25) is 0 Å². The summed E-state index contributed by atoms with van der Waals surface area (Å²) >= 11 is 18.0. The van der Waals surface area contributed by atoms with Crippen LogP contribution in [0.25, 0.3) is 0 Å². The van der Waals surface area contributed by atoms with Crippen molar-refractivity contribution in [1.82, 2.24) is 5.32 Å². The Bertz CT molecular complexity index is 410. The van der Waals surface area contributed by atoms with Gasteiger partial charge >= 0.3 is 0 Å². The van der Waals surface area contributed by atoms with E-state index in [1.807, 2.05) is 0 Å². The number of hydrogen-bond donors (Lipinski definition) is 1. The van der Waals surface area contributed by atoms with Crippen LogP contribution < -0.4 is 10.1 Å². The molecule has 0 spiro atoms. The molecule has 0 aromatic heterocycles. The summed E-state index contributed by atoms with van der Waals surface area (Å²) < 4.78 is 5.63. The van der Waals surface area contributed by atoms with E-state index in [9.17, 15) is 0 Å². The van der Waals surface area contributed by atoms with Crippen molar-refractivity contribution in [3.63, 3.8) is 0 Å². The molecular formula is C15H20Cl3NO. The van der Waals surface area contributed by atoms with Crippen molar-refractivity contribution < 1.29 is 4.74 Å². The number of nitrogens with one attached hydrogen (secondary N) is 1. The van der Waals surface area contributed by atoms with Gasteiger partial charge in [0.2, 0.25) is 0 Å². The van der Waals surface area contributed by atoms with Crippen LogP contribution in [-0.4, -0.2) is 19.7 Å². The van der Waals surface area contributed by atoms with Gasteiger partial charge in [0, 0.05) is 11.6 Å². The Labute approximate surface area is 135 Å². The van der Waals surface area contributed by atoms with Gasteiger partial charge in [-0.05, 0) is 37.4 Å². The molecule has 0 bridgehead atoms. The van der Waals surface area contributed by atoms with E-state index in [2.05, 4.69) is 5.32 Å². The second kappa shape index (κ2) is 8.33. The number of hydrogen-bond acceptors (Lipinski definition) is 2. The van der Waals surface area contributed by atoms with Crippen molar-refractivity contribution in [1.29, 1.82) is 0 Å². The van der Waals surface area contributed by atoms with Crippen LogP contribution >= 0.6 is 34.8 Å². The highest BCUT2D eigenvalue weighted by Crippen LogP contribution is 2.35. The second-order valence-electron chi connectivity index (χ2n) is 5.26. The normalized spacial score (nSPS) is 16.4. The Morgan fingerprint density at radius 2 is 1.70 bits per heavy atom. The van der Waals surface area contributed by atoms with Gasteiger partial charge in [0.15, 0.2) is 5.75 Å². The van der Waals surface area contributed by atoms with Gasteiger partial charge in [-0.15, -0.1) is 0 Å². The standard InChI is InChI=1S/C15H20Cl3NO/c16-12-8-13(17)15(14(18)9-12)20-7-6-19-10-11-4-2-1-3-5-11/h8-9,11,19H,1-7,10H2. The molecule has 1 aliphatic rings. The van der Waals surface area contributed by atoms with Crippen LogP contribution in [0.4, 0.5) is 0 Å². The minimum atomic E-state index is 0.454. The third-order valence-corrected chi connectivity index (χ3v) is 4.43. The van der Waals surface area contributed by atoms with Crippen molar-refractivity contribution in [3.05, 3.63) is 27.2 Å². The van der Waals surface area contributed by atoms with Gasteiger partial charge in [0.05, 0.1) is 10.0 Å². The Kier molecular flexibility index (Phi) is 6.76. The highest BCUT2D eigenvalue weighted by Gasteiger charge is 2.13. The minimum absolute atomic E-state index is 0.454. The maximum Gasteiger partial charge on any atom is 0.156 e. The van der Waals surface area contributed by atoms with E-state index in [-0.39, 0.29) is 0 Å². The molecule has 2 rings (SSSR count). The Morgan fingerprint density at radius 3 is 2.35 bits per heavy atom. The number of halogens is 3. The summed E-state index contributed by atoms with van der Waals surface area (Å²) in [5.41, 5.74) is 0. The summed E-state index contributed by atoms with van der Waals surface area (Å²) in [5, 5.41) is 4.86. The predicted molar refractivity (Wildman–Crippen MR) is 86.4 cm³/mol. The summed E-state index contributed by atoms with van der Waals surface area (Å²) in [5.74, 6) is 1.34. The Hall–Kier alpha value is -0.150. The van der Waals surface area contributed by atoms with Gasteiger partial charge < -0.3 is 10.1 Å². The molecule has 1 fully saturated rings. The lowest BCUT2D eigenvalue weighted by molar-refractivity contribution is 0.295. The van der Waals surface area contributed by atoms with Gasteiger partial charge in [0.25, 0.3) is 0 Å². The summed E-state index contributed by atoms with van der Waals surface area (Å²) in [6, 6.07) is 3.28. The molecule has 1 aromatic rings. The van der Waals surface area contributed by atoms with Gasteiger partial charge in [-0.1, -0.05) is 54.1 Å². The lowest BCUT2D eigenvalue weighted by Gasteiger charge is -2.21. The van der Waals surface area contributed by atoms with E-state index in [1.54, 1.807) is 12.1 Å². The molecule has 0 heterocycles. The molecule has 0 unspecified atom stereocenters. The van der Waals surface area contributed by atoms with E-state index < -0.39 is 0 Å². The molecule has 0 atom stereocenters. The Balaban J connectivity index is 1.68. The third kappa shape index (κ3) is 5.00. The highest BCUT2D eigenvalue weighted by atomic mass is 35.5. The third-order valence-electron chi connectivity index (χ3n) is 3.65. The van der Waals surface area contributed by atoms with E-state index in [0.717, 1.165) is 19.0 Å². The fourth-order valence-electron chi connectivity index (χ4n) is 2.59. The van der Waals surface area contributed by atoms with Crippen molar-refractivity contribution in [3.8, 4) is 5.75 Å². The molecule has 0 radical (unpaired) electrons. The predicted octanol–water partition coefficient (Wildman–Crippen LogP) is 5.20. The first-order valence-electron chi connectivity index (χ1n) is 7.15. The average Bonchev–Trinajstić information content (AvgIpc) is 2.42. The number of benzene rings is 1. The van der Waals surface area contributed by atoms with Crippen LogP contribution in [-0.2, 0) is 0 Å². The number of rotatable bonds is 6. The molecule has 20 heavy (non-hydrogen) atoms. The second-order valence-corrected chi connectivity index (χ2v) is 6.51. The van der Waals surface area contributed by atoms with Gasteiger partial charge in [-0.25, -0.2) is 0 Å². The molecule has 112 valence electrons. The lowest BCUT2D eigenvalue weighted by atomic mass is 9.89. The maximum absolute atomic E-state index is 6.06.